The minimum absolute atomic E-state index is 0.00829. The number of methoxy groups -OCH3 is 1. The molecule has 114 valence electrons. The predicted octanol–water partition coefficient (Wildman–Crippen LogP) is 2.71. The smallest absolute Gasteiger partial charge is 0.326 e. The van der Waals surface area contributed by atoms with Crippen LogP contribution in [-0.4, -0.2) is 24.4 Å². The van der Waals surface area contributed by atoms with Crippen LogP contribution < -0.4 is 5.73 Å². The van der Waals surface area contributed by atoms with E-state index in [1.807, 2.05) is 18.2 Å². The summed E-state index contributed by atoms with van der Waals surface area (Å²) in [6.07, 6.45) is 5.05. The number of ether oxygens (including phenoxy) is 1. The van der Waals surface area contributed by atoms with Crippen LogP contribution in [0.2, 0.25) is 0 Å². The van der Waals surface area contributed by atoms with Gasteiger partial charge in [-0.05, 0) is 18.8 Å². The molecule has 21 heavy (non-hydrogen) atoms. The number of benzene rings is 1. The molecule has 1 aliphatic rings. The van der Waals surface area contributed by atoms with E-state index < -0.39 is 11.5 Å². The molecule has 2 rings (SSSR count). The number of carbonyl (C=O) groups is 2. The Morgan fingerprint density at radius 2 is 1.81 bits per heavy atom. The van der Waals surface area contributed by atoms with E-state index in [0.29, 0.717) is 5.56 Å². The lowest BCUT2D eigenvalue weighted by molar-refractivity contribution is -0.150. The maximum atomic E-state index is 12.4. The fourth-order valence-corrected chi connectivity index (χ4v) is 3.18. The molecule has 4 nitrogen and oxygen atoms in total. The number of ketones is 1. The Morgan fingerprint density at radius 1 is 1.19 bits per heavy atom. The lowest BCUT2D eigenvalue weighted by atomic mass is 9.72. The van der Waals surface area contributed by atoms with Gasteiger partial charge in [-0.3, -0.25) is 9.59 Å². The van der Waals surface area contributed by atoms with E-state index in [0.717, 1.165) is 25.7 Å². The third-order valence-electron chi connectivity index (χ3n) is 4.45. The number of hydrogen-bond acceptors (Lipinski definition) is 4. The highest BCUT2D eigenvalue weighted by Gasteiger charge is 2.45. The van der Waals surface area contributed by atoms with Crippen LogP contribution in [0, 0.1) is 5.92 Å². The van der Waals surface area contributed by atoms with Gasteiger partial charge in [0, 0.05) is 12.0 Å². The first kappa shape index (κ1) is 15.7. The summed E-state index contributed by atoms with van der Waals surface area (Å²) in [5.74, 6) is -0.556. The van der Waals surface area contributed by atoms with Crippen LogP contribution in [0.4, 0.5) is 0 Å². The third kappa shape index (κ3) is 3.50. The SMILES string of the molecule is COC(=O)C(N)(CC(=O)c1ccccc1)C1CCCCC1. The Morgan fingerprint density at radius 3 is 2.38 bits per heavy atom. The average molecular weight is 289 g/mol. The fraction of sp³-hybridized carbons (Fsp3) is 0.529. The summed E-state index contributed by atoms with van der Waals surface area (Å²) < 4.78 is 4.89. The molecule has 1 aromatic rings. The normalized spacial score (nSPS) is 18.8. The zero-order chi connectivity index (χ0) is 15.3. The first-order chi connectivity index (χ1) is 10.1. The number of hydrogen-bond donors (Lipinski definition) is 1. The Kier molecular flexibility index (Phi) is 5.12. The first-order valence-corrected chi connectivity index (χ1v) is 7.53. The van der Waals surface area contributed by atoms with E-state index in [-0.39, 0.29) is 18.1 Å². The third-order valence-corrected chi connectivity index (χ3v) is 4.45. The largest absolute Gasteiger partial charge is 0.468 e. The lowest BCUT2D eigenvalue weighted by Crippen LogP contribution is -2.56. The number of esters is 1. The topological polar surface area (TPSA) is 69.4 Å². The quantitative estimate of drug-likeness (QED) is 0.668. The average Bonchev–Trinajstić information content (AvgIpc) is 2.55. The lowest BCUT2D eigenvalue weighted by Gasteiger charge is -2.36. The molecule has 0 bridgehead atoms. The van der Waals surface area contributed by atoms with Gasteiger partial charge >= 0.3 is 5.97 Å². The van der Waals surface area contributed by atoms with Crippen molar-refractivity contribution in [1.29, 1.82) is 0 Å². The molecule has 0 heterocycles. The number of nitrogens with two attached hydrogens (primary N) is 1. The summed E-state index contributed by atoms with van der Waals surface area (Å²) in [7, 11) is 1.33. The molecule has 0 spiro atoms. The molecule has 4 heteroatoms. The molecular formula is C17H23NO3. The highest BCUT2D eigenvalue weighted by Crippen LogP contribution is 2.34. The van der Waals surface area contributed by atoms with E-state index in [9.17, 15) is 9.59 Å². The summed E-state index contributed by atoms with van der Waals surface area (Å²) >= 11 is 0. The van der Waals surface area contributed by atoms with E-state index in [1.165, 1.54) is 13.5 Å². The number of rotatable bonds is 5. The molecule has 1 aromatic carbocycles. The van der Waals surface area contributed by atoms with Crippen molar-refractivity contribution in [2.45, 2.75) is 44.1 Å². The van der Waals surface area contributed by atoms with Crippen molar-refractivity contribution in [2.75, 3.05) is 7.11 Å². The Balaban J connectivity index is 2.20. The molecule has 1 saturated carbocycles. The summed E-state index contributed by atoms with van der Waals surface area (Å²) in [6, 6.07) is 8.98. The maximum Gasteiger partial charge on any atom is 0.326 e. The van der Waals surface area contributed by atoms with Crippen LogP contribution in [-0.2, 0) is 9.53 Å². The molecular weight excluding hydrogens is 266 g/mol. The van der Waals surface area contributed by atoms with E-state index in [2.05, 4.69) is 0 Å². The van der Waals surface area contributed by atoms with Gasteiger partial charge in [-0.25, -0.2) is 0 Å². The van der Waals surface area contributed by atoms with Gasteiger partial charge in [0.1, 0.15) is 5.54 Å². The molecule has 0 aliphatic heterocycles. The monoisotopic (exact) mass is 289 g/mol. The summed E-state index contributed by atoms with van der Waals surface area (Å²) in [5.41, 5.74) is 5.75. The van der Waals surface area contributed by atoms with E-state index >= 15 is 0 Å². The molecule has 1 fully saturated rings. The van der Waals surface area contributed by atoms with Crippen LogP contribution in [0.25, 0.3) is 0 Å². The number of Topliss-reactive ketones (excluding diaryl/α,β-unsaturated/α-hetero) is 1. The molecule has 0 aromatic heterocycles. The summed E-state index contributed by atoms with van der Waals surface area (Å²) in [4.78, 5) is 24.6. The van der Waals surface area contributed by atoms with Gasteiger partial charge in [-0.15, -0.1) is 0 Å². The zero-order valence-electron chi connectivity index (χ0n) is 12.5. The molecule has 2 N–H and O–H groups in total. The standard InChI is InChI=1S/C17H23NO3/c1-21-16(20)17(18,14-10-6-3-7-11-14)12-15(19)13-8-4-2-5-9-13/h2,4-5,8-9,14H,3,6-7,10-12,18H2,1H3. The summed E-state index contributed by atoms with van der Waals surface area (Å²) in [6.45, 7) is 0. The Hall–Kier alpha value is -1.68. The van der Waals surface area contributed by atoms with Gasteiger partial charge in [0.2, 0.25) is 0 Å². The molecule has 0 saturated heterocycles. The van der Waals surface area contributed by atoms with Crippen LogP contribution in [0.15, 0.2) is 30.3 Å². The minimum atomic E-state index is -1.21. The van der Waals surface area contributed by atoms with E-state index in [1.54, 1.807) is 12.1 Å². The molecule has 0 amide bonds. The van der Waals surface area contributed by atoms with Crippen molar-refractivity contribution in [2.24, 2.45) is 11.7 Å². The first-order valence-electron chi connectivity index (χ1n) is 7.53. The van der Waals surface area contributed by atoms with Crippen molar-refractivity contribution in [3.63, 3.8) is 0 Å². The second kappa shape index (κ2) is 6.85. The van der Waals surface area contributed by atoms with Crippen LogP contribution >= 0.6 is 0 Å². The minimum Gasteiger partial charge on any atom is -0.468 e. The molecule has 1 unspecified atom stereocenters. The highest BCUT2D eigenvalue weighted by atomic mass is 16.5. The molecule has 0 radical (unpaired) electrons. The van der Waals surface area contributed by atoms with Crippen molar-refractivity contribution >= 4 is 11.8 Å². The molecule has 1 atom stereocenters. The van der Waals surface area contributed by atoms with E-state index in [4.69, 9.17) is 10.5 Å². The van der Waals surface area contributed by atoms with Crippen LogP contribution in [0.3, 0.4) is 0 Å². The summed E-state index contributed by atoms with van der Waals surface area (Å²) in [5, 5.41) is 0. The predicted molar refractivity (Wildman–Crippen MR) is 80.9 cm³/mol. The van der Waals surface area contributed by atoms with Crippen molar-refractivity contribution in [1.82, 2.24) is 0 Å². The van der Waals surface area contributed by atoms with Crippen LogP contribution in [0.5, 0.6) is 0 Å². The van der Waals surface area contributed by atoms with Gasteiger partial charge in [0.05, 0.1) is 7.11 Å². The van der Waals surface area contributed by atoms with Crippen molar-refractivity contribution in [3.8, 4) is 0 Å². The Labute approximate surface area is 125 Å². The van der Waals surface area contributed by atoms with Crippen molar-refractivity contribution in [3.05, 3.63) is 35.9 Å². The molecule has 1 aliphatic carbocycles. The van der Waals surface area contributed by atoms with Gasteiger partial charge in [-0.2, -0.15) is 0 Å². The highest BCUT2D eigenvalue weighted by molar-refractivity contribution is 6.00. The zero-order valence-corrected chi connectivity index (χ0v) is 12.5. The Bertz CT molecular complexity index is 494. The van der Waals surface area contributed by atoms with Gasteiger partial charge < -0.3 is 10.5 Å². The van der Waals surface area contributed by atoms with Gasteiger partial charge in [0.25, 0.3) is 0 Å². The second-order valence-corrected chi connectivity index (χ2v) is 5.83. The van der Waals surface area contributed by atoms with Crippen LogP contribution in [0.1, 0.15) is 48.9 Å². The fourth-order valence-electron chi connectivity index (χ4n) is 3.18. The second-order valence-electron chi connectivity index (χ2n) is 5.83. The number of carbonyl (C=O) groups excluding carboxylic acids is 2. The van der Waals surface area contributed by atoms with Gasteiger partial charge in [-0.1, -0.05) is 49.6 Å². The maximum absolute atomic E-state index is 12.4. The van der Waals surface area contributed by atoms with Gasteiger partial charge in [0.15, 0.2) is 5.78 Å². The van der Waals surface area contributed by atoms with Crippen molar-refractivity contribution < 1.29 is 14.3 Å².